The molecule has 3 nitrogen and oxygen atoms in total. The monoisotopic (exact) mass is 231 g/mol. The molecule has 98 valence electrons. The summed E-state index contributed by atoms with van der Waals surface area (Å²) in [6.45, 7) is 16.1. The van der Waals surface area contributed by atoms with Crippen molar-refractivity contribution in [2.45, 2.75) is 74.0 Å². The van der Waals surface area contributed by atoms with Gasteiger partial charge in [0.15, 0.2) is 0 Å². The van der Waals surface area contributed by atoms with Gasteiger partial charge in [0.05, 0.1) is 0 Å². The summed E-state index contributed by atoms with van der Waals surface area (Å²) in [4.78, 5) is 11.3. The van der Waals surface area contributed by atoms with Gasteiger partial charge in [-0.15, -0.1) is 0 Å². The second-order valence-electron chi connectivity index (χ2n) is 4.86. The molecule has 0 fully saturated rings. The molecule has 0 spiro atoms. The van der Waals surface area contributed by atoms with Crippen molar-refractivity contribution in [3.8, 4) is 0 Å². The van der Waals surface area contributed by atoms with Gasteiger partial charge in [-0.05, 0) is 25.7 Å². The summed E-state index contributed by atoms with van der Waals surface area (Å²) in [5, 5.41) is 2.82. The van der Waals surface area contributed by atoms with Crippen molar-refractivity contribution in [2.24, 2.45) is 5.41 Å². The van der Waals surface area contributed by atoms with Gasteiger partial charge in [-0.3, -0.25) is 0 Å². The van der Waals surface area contributed by atoms with Gasteiger partial charge in [-0.2, -0.15) is 0 Å². The van der Waals surface area contributed by atoms with E-state index in [1.165, 1.54) is 0 Å². The minimum absolute atomic E-state index is 0.0119. The van der Waals surface area contributed by atoms with E-state index in [9.17, 15) is 4.79 Å². The van der Waals surface area contributed by atoms with E-state index in [-0.39, 0.29) is 23.7 Å². The molecule has 1 amide bonds. The number of alkyl carbamates (subject to hydrolysis) is 1. The van der Waals surface area contributed by atoms with Gasteiger partial charge in [0.25, 0.3) is 0 Å². The molecule has 0 aliphatic carbocycles. The summed E-state index contributed by atoms with van der Waals surface area (Å²) in [5.41, 5.74) is 0.0640. The van der Waals surface area contributed by atoms with Crippen LogP contribution in [-0.2, 0) is 4.74 Å². The summed E-state index contributed by atoms with van der Waals surface area (Å²) >= 11 is 0. The van der Waals surface area contributed by atoms with Crippen LogP contribution >= 0.6 is 0 Å². The Balaban J connectivity index is 0. The van der Waals surface area contributed by atoms with Crippen molar-refractivity contribution in [1.29, 1.82) is 0 Å². The normalized spacial score (nSPS) is 14.2. The number of amides is 1. The number of carbonyl (C=O) groups excluding carboxylic acids is 1. The fourth-order valence-corrected chi connectivity index (χ4v) is 0.693. The highest BCUT2D eigenvalue weighted by Crippen LogP contribution is 2.18. The predicted molar refractivity (Wildman–Crippen MR) is 69.6 cm³/mol. The van der Waals surface area contributed by atoms with E-state index in [0.717, 1.165) is 6.42 Å². The highest BCUT2D eigenvalue weighted by atomic mass is 16.6. The summed E-state index contributed by atoms with van der Waals surface area (Å²) in [5.74, 6) is 0. The number of nitrogens with one attached hydrogen (secondary N) is 1. The van der Waals surface area contributed by atoms with Crippen LogP contribution in [0.1, 0.15) is 61.8 Å². The van der Waals surface area contributed by atoms with E-state index in [2.05, 4.69) is 26.1 Å². The molecular weight excluding hydrogens is 202 g/mol. The average molecular weight is 231 g/mol. The van der Waals surface area contributed by atoms with Gasteiger partial charge >= 0.3 is 6.09 Å². The maximum absolute atomic E-state index is 11.3. The Labute approximate surface area is 101 Å². The molecule has 3 heteroatoms. The SMILES string of the molecule is CC.CCC(C)OC(=O)NC(C)C(C)(C)C. The lowest BCUT2D eigenvalue weighted by Gasteiger charge is -2.28. The Kier molecular flexibility index (Phi) is 9.30. The van der Waals surface area contributed by atoms with Crippen LogP contribution in [-0.4, -0.2) is 18.2 Å². The van der Waals surface area contributed by atoms with Gasteiger partial charge in [0.2, 0.25) is 0 Å². The first-order valence-electron chi connectivity index (χ1n) is 6.24. The third-order valence-corrected chi connectivity index (χ3v) is 2.52. The highest BCUT2D eigenvalue weighted by molar-refractivity contribution is 5.67. The molecule has 0 aliphatic heterocycles. The third-order valence-electron chi connectivity index (χ3n) is 2.52. The van der Waals surface area contributed by atoms with Crippen LogP contribution in [0.4, 0.5) is 4.79 Å². The fourth-order valence-electron chi connectivity index (χ4n) is 0.693. The Hall–Kier alpha value is -0.730. The van der Waals surface area contributed by atoms with E-state index >= 15 is 0 Å². The van der Waals surface area contributed by atoms with Crippen LogP contribution in [0, 0.1) is 5.41 Å². The van der Waals surface area contributed by atoms with Crippen LogP contribution in [0.2, 0.25) is 0 Å². The first kappa shape index (κ1) is 17.7. The number of hydrogen-bond donors (Lipinski definition) is 1. The van der Waals surface area contributed by atoms with E-state index in [1.807, 2.05) is 34.6 Å². The maximum atomic E-state index is 11.3. The van der Waals surface area contributed by atoms with Crippen molar-refractivity contribution in [3.63, 3.8) is 0 Å². The lowest BCUT2D eigenvalue weighted by atomic mass is 9.88. The zero-order chi connectivity index (χ0) is 13.4. The molecule has 0 aliphatic rings. The van der Waals surface area contributed by atoms with E-state index in [1.54, 1.807) is 0 Å². The zero-order valence-electron chi connectivity index (χ0n) is 12.2. The van der Waals surface area contributed by atoms with Crippen LogP contribution in [0.3, 0.4) is 0 Å². The fraction of sp³-hybridized carbons (Fsp3) is 0.923. The van der Waals surface area contributed by atoms with Gasteiger partial charge in [-0.25, -0.2) is 4.79 Å². The number of ether oxygens (including phenoxy) is 1. The Morgan fingerprint density at radius 3 is 2.00 bits per heavy atom. The molecule has 2 unspecified atom stereocenters. The molecule has 0 bridgehead atoms. The summed E-state index contributed by atoms with van der Waals surface area (Å²) in [6, 6.07) is 0.110. The second-order valence-corrected chi connectivity index (χ2v) is 4.86. The van der Waals surface area contributed by atoms with Gasteiger partial charge in [0, 0.05) is 6.04 Å². The van der Waals surface area contributed by atoms with Crippen LogP contribution in [0.15, 0.2) is 0 Å². The summed E-state index contributed by atoms with van der Waals surface area (Å²) in [6.07, 6.45) is 0.515. The first-order valence-corrected chi connectivity index (χ1v) is 6.24. The van der Waals surface area contributed by atoms with Crippen LogP contribution in [0.5, 0.6) is 0 Å². The molecule has 0 aromatic heterocycles. The molecule has 16 heavy (non-hydrogen) atoms. The highest BCUT2D eigenvalue weighted by Gasteiger charge is 2.22. The van der Waals surface area contributed by atoms with Crippen LogP contribution < -0.4 is 5.32 Å². The largest absolute Gasteiger partial charge is 0.447 e. The number of rotatable bonds is 3. The minimum atomic E-state index is -0.318. The van der Waals surface area contributed by atoms with Crippen molar-refractivity contribution >= 4 is 6.09 Å². The first-order chi connectivity index (χ1) is 7.27. The standard InChI is InChI=1S/C11H23NO2.C2H6/c1-7-8(2)14-10(13)12-9(3)11(4,5)6;1-2/h8-9H,7H2,1-6H3,(H,12,13);1-2H3. The van der Waals surface area contributed by atoms with Gasteiger partial charge in [-0.1, -0.05) is 41.5 Å². The Bertz CT molecular complexity index is 185. The smallest absolute Gasteiger partial charge is 0.407 e. The molecule has 0 rings (SSSR count). The molecule has 0 aromatic carbocycles. The van der Waals surface area contributed by atoms with Crippen molar-refractivity contribution in [2.75, 3.05) is 0 Å². The molecule has 1 N–H and O–H groups in total. The van der Waals surface area contributed by atoms with Crippen molar-refractivity contribution in [3.05, 3.63) is 0 Å². The number of hydrogen-bond acceptors (Lipinski definition) is 2. The average Bonchev–Trinajstić information content (AvgIpc) is 2.19. The predicted octanol–water partition coefficient (Wildman–Crippen LogP) is 3.97. The van der Waals surface area contributed by atoms with E-state index in [0.29, 0.717) is 0 Å². The third kappa shape index (κ3) is 8.57. The lowest BCUT2D eigenvalue weighted by Crippen LogP contribution is -2.42. The lowest BCUT2D eigenvalue weighted by molar-refractivity contribution is 0.0962. The Morgan fingerprint density at radius 1 is 1.25 bits per heavy atom. The van der Waals surface area contributed by atoms with Crippen molar-refractivity contribution in [1.82, 2.24) is 5.32 Å². The molecule has 0 heterocycles. The number of carbonyl (C=O) groups is 1. The molecular formula is C13H29NO2. The molecule has 0 radical (unpaired) electrons. The quantitative estimate of drug-likeness (QED) is 0.798. The topological polar surface area (TPSA) is 38.3 Å². The van der Waals surface area contributed by atoms with Gasteiger partial charge in [0.1, 0.15) is 6.10 Å². The molecule has 0 aromatic rings. The second kappa shape index (κ2) is 8.43. The van der Waals surface area contributed by atoms with Crippen molar-refractivity contribution < 1.29 is 9.53 Å². The molecule has 0 saturated carbocycles. The van der Waals surface area contributed by atoms with E-state index < -0.39 is 0 Å². The van der Waals surface area contributed by atoms with E-state index in [4.69, 9.17) is 4.74 Å². The Morgan fingerprint density at radius 2 is 1.69 bits per heavy atom. The molecule has 2 atom stereocenters. The summed E-state index contributed by atoms with van der Waals surface area (Å²) in [7, 11) is 0. The summed E-state index contributed by atoms with van der Waals surface area (Å²) < 4.78 is 5.12. The molecule has 0 saturated heterocycles. The van der Waals surface area contributed by atoms with Crippen LogP contribution in [0.25, 0.3) is 0 Å². The minimum Gasteiger partial charge on any atom is -0.447 e. The zero-order valence-corrected chi connectivity index (χ0v) is 12.2. The van der Waals surface area contributed by atoms with Gasteiger partial charge < -0.3 is 10.1 Å². The maximum Gasteiger partial charge on any atom is 0.407 e.